The minimum Gasteiger partial charge on any atom is -0.467 e. The van der Waals surface area contributed by atoms with E-state index in [9.17, 15) is 4.39 Å². The number of ether oxygens (including phenoxy) is 2. The fourth-order valence-corrected chi connectivity index (χ4v) is 3.56. The van der Waals surface area contributed by atoms with Gasteiger partial charge in [0.25, 0.3) is 0 Å². The van der Waals surface area contributed by atoms with Crippen LogP contribution in [0.2, 0.25) is 0 Å². The summed E-state index contributed by atoms with van der Waals surface area (Å²) in [4.78, 5) is 4.58. The molecule has 0 bridgehead atoms. The second-order valence-electron chi connectivity index (χ2n) is 7.27. The number of hydrogen-bond donors (Lipinski definition) is 2. The molecule has 0 amide bonds. The monoisotopic (exact) mass is 418 g/mol. The fourth-order valence-electron chi connectivity index (χ4n) is 3.56. The third kappa shape index (κ3) is 5.72. The third-order valence-corrected chi connectivity index (χ3v) is 5.16. The van der Waals surface area contributed by atoms with Crippen LogP contribution in [0.3, 0.4) is 0 Å². The normalized spacial score (nSPS) is 13.8. The molecule has 2 N–H and O–H groups in total. The van der Waals surface area contributed by atoms with E-state index < -0.39 is 0 Å². The Hall–Kier alpha value is -2.61. The van der Waals surface area contributed by atoms with Crippen molar-refractivity contribution in [2.45, 2.75) is 59.1 Å². The zero-order valence-corrected chi connectivity index (χ0v) is 18.0. The van der Waals surface area contributed by atoms with E-state index in [1.807, 2.05) is 13.0 Å². The molecular weight excluding hydrogens is 387 g/mol. The summed E-state index contributed by atoms with van der Waals surface area (Å²) in [6, 6.07) is 4.97. The molecule has 0 atom stereocenters. The molecule has 1 aromatic carbocycles. The summed E-state index contributed by atoms with van der Waals surface area (Å²) < 4.78 is 30.2. The second-order valence-corrected chi connectivity index (χ2v) is 7.27. The first kappa shape index (κ1) is 22.1. The highest BCUT2D eigenvalue weighted by atomic mass is 19.1. The number of rotatable bonds is 9. The Morgan fingerprint density at radius 3 is 2.80 bits per heavy atom. The van der Waals surface area contributed by atoms with Crippen LogP contribution >= 0.6 is 0 Å². The zero-order valence-electron chi connectivity index (χ0n) is 18.0. The second kappa shape index (κ2) is 11.0. The number of guanidine groups is 1. The van der Waals surface area contributed by atoms with E-state index in [1.54, 1.807) is 0 Å². The summed E-state index contributed by atoms with van der Waals surface area (Å²) in [6.07, 6.45) is 2.68. The first-order chi connectivity index (χ1) is 14.6. The van der Waals surface area contributed by atoms with Crippen molar-refractivity contribution in [3.05, 3.63) is 46.6 Å². The van der Waals surface area contributed by atoms with Crippen LogP contribution in [0.1, 0.15) is 62.1 Å². The van der Waals surface area contributed by atoms with Gasteiger partial charge in [0, 0.05) is 30.6 Å². The highest BCUT2D eigenvalue weighted by Crippen LogP contribution is 2.29. The van der Waals surface area contributed by atoms with Gasteiger partial charge in [0.15, 0.2) is 18.5 Å². The molecule has 0 radical (unpaired) electrons. The quantitative estimate of drug-likeness (QED) is 0.475. The number of nitrogens with one attached hydrogen (secondary N) is 2. The number of nitrogens with zero attached hydrogens (tertiary/aromatic N) is 2. The molecule has 0 unspecified atom stereocenters. The molecule has 0 spiro atoms. The molecule has 7 nitrogen and oxygen atoms in total. The first-order valence-corrected chi connectivity index (χ1v) is 10.6. The van der Waals surface area contributed by atoms with E-state index in [0.29, 0.717) is 38.0 Å². The SMILES string of the molecule is CCNC(=NCc1cc(C(CC)CC)no1)NCCc1cc(F)cc2c1OCOC2. The molecule has 164 valence electrons. The lowest BCUT2D eigenvalue weighted by Crippen LogP contribution is -2.38. The summed E-state index contributed by atoms with van der Waals surface area (Å²) in [5, 5.41) is 10.7. The molecular formula is C22H31FN4O3. The maximum atomic E-state index is 13.9. The molecule has 2 heterocycles. The van der Waals surface area contributed by atoms with Crippen LogP contribution in [0.5, 0.6) is 5.75 Å². The number of aliphatic imine (C=N–C) groups is 1. The van der Waals surface area contributed by atoms with Crippen LogP contribution < -0.4 is 15.4 Å². The lowest BCUT2D eigenvalue weighted by molar-refractivity contribution is -0.0172. The molecule has 0 fully saturated rings. The summed E-state index contributed by atoms with van der Waals surface area (Å²) in [5.74, 6) is 2.27. The summed E-state index contributed by atoms with van der Waals surface area (Å²) in [7, 11) is 0. The van der Waals surface area contributed by atoms with Gasteiger partial charge in [-0.25, -0.2) is 9.38 Å². The van der Waals surface area contributed by atoms with E-state index in [2.05, 4.69) is 34.6 Å². The van der Waals surface area contributed by atoms with E-state index in [1.165, 1.54) is 12.1 Å². The molecule has 30 heavy (non-hydrogen) atoms. The van der Waals surface area contributed by atoms with Crippen LogP contribution in [-0.2, 0) is 24.3 Å². The van der Waals surface area contributed by atoms with Crippen LogP contribution in [0.25, 0.3) is 0 Å². The fraction of sp³-hybridized carbons (Fsp3) is 0.545. The molecule has 1 aromatic heterocycles. The van der Waals surface area contributed by atoms with Crippen molar-refractivity contribution < 1.29 is 18.4 Å². The van der Waals surface area contributed by atoms with Crippen molar-refractivity contribution in [3.63, 3.8) is 0 Å². The number of fused-ring (bicyclic) bond motifs is 1. The van der Waals surface area contributed by atoms with Gasteiger partial charge >= 0.3 is 0 Å². The largest absolute Gasteiger partial charge is 0.467 e. The van der Waals surface area contributed by atoms with Crippen LogP contribution in [0, 0.1) is 5.82 Å². The van der Waals surface area contributed by atoms with Crippen LogP contribution in [0.4, 0.5) is 4.39 Å². The van der Waals surface area contributed by atoms with Crippen molar-refractivity contribution in [3.8, 4) is 5.75 Å². The number of halogens is 1. The van der Waals surface area contributed by atoms with E-state index in [0.717, 1.165) is 47.7 Å². The van der Waals surface area contributed by atoms with Crippen molar-refractivity contribution in [1.82, 2.24) is 15.8 Å². The maximum absolute atomic E-state index is 13.9. The lowest BCUT2D eigenvalue weighted by Gasteiger charge is -2.21. The molecule has 1 aliphatic heterocycles. The lowest BCUT2D eigenvalue weighted by atomic mass is 9.99. The van der Waals surface area contributed by atoms with Crippen molar-refractivity contribution >= 4 is 5.96 Å². The molecule has 3 rings (SSSR count). The smallest absolute Gasteiger partial charge is 0.191 e. The average Bonchev–Trinajstić information content (AvgIpc) is 3.21. The number of benzene rings is 1. The number of aromatic nitrogens is 1. The average molecular weight is 419 g/mol. The van der Waals surface area contributed by atoms with E-state index in [-0.39, 0.29) is 12.6 Å². The highest BCUT2D eigenvalue weighted by molar-refractivity contribution is 5.79. The molecule has 0 saturated carbocycles. The third-order valence-electron chi connectivity index (χ3n) is 5.16. The van der Waals surface area contributed by atoms with Crippen LogP contribution in [-0.4, -0.2) is 31.0 Å². The Kier molecular flexibility index (Phi) is 8.07. The molecule has 0 aliphatic carbocycles. The summed E-state index contributed by atoms with van der Waals surface area (Å²) >= 11 is 0. The highest BCUT2D eigenvalue weighted by Gasteiger charge is 2.17. The topological polar surface area (TPSA) is 80.9 Å². The van der Waals surface area contributed by atoms with Gasteiger partial charge in [0.2, 0.25) is 0 Å². The van der Waals surface area contributed by atoms with Gasteiger partial charge in [0.1, 0.15) is 18.1 Å². The zero-order chi connectivity index (χ0) is 21.3. The Morgan fingerprint density at radius 2 is 2.03 bits per heavy atom. The van der Waals surface area contributed by atoms with Gasteiger partial charge in [-0.1, -0.05) is 19.0 Å². The Bertz CT molecular complexity index is 849. The summed E-state index contributed by atoms with van der Waals surface area (Å²) in [5.41, 5.74) is 2.56. The van der Waals surface area contributed by atoms with Gasteiger partial charge in [0.05, 0.1) is 12.3 Å². The van der Waals surface area contributed by atoms with Gasteiger partial charge in [-0.05, 0) is 43.9 Å². The van der Waals surface area contributed by atoms with Gasteiger partial charge < -0.3 is 24.6 Å². The van der Waals surface area contributed by atoms with Crippen molar-refractivity contribution in [2.24, 2.45) is 4.99 Å². The molecule has 1 aliphatic rings. The number of hydrogen-bond acceptors (Lipinski definition) is 5. The van der Waals surface area contributed by atoms with Crippen molar-refractivity contribution in [2.75, 3.05) is 19.9 Å². The summed E-state index contributed by atoms with van der Waals surface area (Å²) in [6.45, 7) is 8.60. The van der Waals surface area contributed by atoms with Gasteiger partial charge in [-0.15, -0.1) is 0 Å². The Morgan fingerprint density at radius 1 is 1.20 bits per heavy atom. The first-order valence-electron chi connectivity index (χ1n) is 10.6. The van der Waals surface area contributed by atoms with Gasteiger partial charge in [-0.2, -0.15) is 0 Å². The van der Waals surface area contributed by atoms with Crippen LogP contribution in [0.15, 0.2) is 27.7 Å². The predicted molar refractivity (Wildman–Crippen MR) is 113 cm³/mol. The standard InChI is InChI=1S/C22H31FN4O3/c1-4-15(5-2)20-11-19(30-27-20)12-26-22(24-6-3)25-8-7-16-9-18(23)10-17-13-28-14-29-21(16)17/h9-11,15H,4-8,12-14H2,1-3H3,(H2,24,25,26). The van der Waals surface area contributed by atoms with E-state index in [4.69, 9.17) is 14.0 Å². The predicted octanol–water partition coefficient (Wildman–Crippen LogP) is 3.88. The Labute approximate surface area is 177 Å². The minimum absolute atomic E-state index is 0.194. The molecule has 8 heteroatoms. The molecule has 0 saturated heterocycles. The maximum Gasteiger partial charge on any atom is 0.191 e. The Balaban J connectivity index is 1.59. The molecule has 2 aromatic rings. The minimum atomic E-state index is -0.281. The van der Waals surface area contributed by atoms with Crippen molar-refractivity contribution in [1.29, 1.82) is 0 Å². The van der Waals surface area contributed by atoms with Gasteiger partial charge in [-0.3, -0.25) is 0 Å². The van der Waals surface area contributed by atoms with E-state index >= 15 is 0 Å².